The van der Waals surface area contributed by atoms with Crippen LogP contribution in [0.15, 0.2) is 30.6 Å². The molecule has 0 spiro atoms. The van der Waals surface area contributed by atoms with Gasteiger partial charge in [-0.3, -0.25) is 9.59 Å². The lowest BCUT2D eigenvalue weighted by molar-refractivity contribution is -0.114. The average Bonchev–Trinajstić information content (AvgIpc) is 3.16. The molecule has 25 heavy (non-hydrogen) atoms. The second-order valence-electron chi connectivity index (χ2n) is 5.43. The van der Waals surface area contributed by atoms with Crippen LogP contribution in [-0.4, -0.2) is 32.0 Å². The number of tetrazole rings is 1. The monoisotopic (exact) mass is 356 g/mol. The van der Waals surface area contributed by atoms with Gasteiger partial charge in [0.2, 0.25) is 5.91 Å². The molecule has 0 aliphatic carbocycles. The van der Waals surface area contributed by atoms with Crippen LogP contribution in [0.3, 0.4) is 0 Å². The van der Waals surface area contributed by atoms with E-state index in [4.69, 9.17) is 0 Å². The van der Waals surface area contributed by atoms with Crippen molar-refractivity contribution in [2.24, 2.45) is 0 Å². The molecule has 2 N–H and O–H groups in total. The molecular formula is C16H16N6O2S. The maximum atomic E-state index is 12.8. The smallest absolute Gasteiger partial charge is 0.259 e. The molecule has 0 fully saturated rings. The van der Waals surface area contributed by atoms with E-state index in [1.54, 1.807) is 24.3 Å². The van der Waals surface area contributed by atoms with Gasteiger partial charge >= 0.3 is 0 Å². The molecular weight excluding hydrogens is 340 g/mol. The van der Waals surface area contributed by atoms with E-state index in [-0.39, 0.29) is 11.8 Å². The Bertz CT molecular complexity index is 932. The fourth-order valence-electron chi connectivity index (χ4n) is 2.36. The summed E-state index contributed by atoms with van der Waals surface area (Å²) in [4.78, 5) is 25.0. The molecule has 0 unspecified atom stereocenters. The average molecular weight is 356 g/mol. The van der Waals surface area contributed by atoms with Crippen LogP contribution in [0.1, 0.15) is 27.7 Å². The van der Waals surface area contributed by atoms with Crippen molar-refractivity contribution in [1.82, 2.24) is 20.2 Å². The van der Waals surface area contributed by atoms with Gasteiger partial charge in [0.05, 0.1) is 5.56 Å². The summed E-state index contributed by atoms with van der Waals surface area (Å²) in [6.07, 6.45) is 1.46. The summed E-state index contributed by atoms with van der Waals surface area (Å²) in [5.74, 6) is -0.430. The number of nitrogens with one attached hydrogen (secondary N) is 2. The van der Waals surface area contributed by atoms with Crippen molar-refractivity contribution in [2.75, 3.05) is 10.6 Å². The first-order chi connectivity index (χ1) is 12.0. The third-order valence-electron chi connectivity index (χ3n) is 3.59. The van der Waals surface area contributed by atoms with Gasteiger partial charge in [-0.05, 0) is 48.0 Å². The summed E-state index contributed by atoms with van der Waals surface area (Å²) in [5, 5.41) is 17.3. The molecule has 2 heterocycles. The Morgan fingerprint density at radius 3 is 2.52 bits per heavy atom. The van der Waals surface area contributed by atoms with Crippen molar-refractivity contribution >= 4 is 34.5 Å². The number of hydrogen-bond donors (Lipinski definition) is 2. The zero-order valence-corrected chi connectivity index (χ0v) is 14.7. The number of rotatable bonds is 4. The van der Waals surface area contributed by atoms with Crippen molar-refractivity contribution in [3.8, 4) is 5.00 Å². The summed E-state index contributed by atoms with van der Waals surface area (Å²) >= 11 is 1.45. The molecule has 0 aliphatic rings. The van der Waals surface area contributed by atoms with Crippen molar-refractivity contribution in [2.45, 2.75) is 20.8 Å². The van der Waals surface area contributed by atoms with E-state index in [0.29, 0.717) is 21.9 Å². The van der Waals surface area contributed by atoms with E-state index in [1.165, 1.54) is 29.3 Å². The van der Waals surface area contributed by atoms with Crippen molar-refractivity contribution in [3.05, 3.63) is 46.6 Å². The van der Waals surface area contributed by atoms with E-state index in [1.807, 2.05) is 13.8 Å². The summed E-state index contributed by atoms with van der Waals surface area (Å²) < 4.78 is 1.48. The third-order valence-corrected chi connectivity index (χ3v) is 4.79. The van der Waals surface area contributed by atoms with Crippen LogP contribution in [0.2, 0.25) is 0 Å². The molecule has 0 radical (unpaired) electrons. The number of aryl methyl sites for hydroxylation is 1. The molecule has 1 aromatic carbocycles. The first kappa shape index (κ1) is 16.8. The fraction of sp³-hybridized carbons (Fsp3) is 0.188. The summed E-state index contributed by atoms with van der Waals surface area (Å²) in [6.45, 7) is 5.27. The normalized spacial score (nSPS) is 10.5. The van der Waals surface area contributed by atoms with Crippen LogP contribution in [0.5, 0.6) is 0 Å². The summed E-state index contributed by atoms with van der Waals surface area (Å²) in [7, 11) is 0. The minimum Gasteiger partial charge on any atom is -0.326 e. The lowest BCUT2D eigenvalue weighted by atomic mass is 10.1. The van der Waals surface area contributed by atoms with Gasteiger partial charge in [0, 0.05) is 23.2 Å². The topological polar surface area (TPSA) is 102 Å². The second-order valence-corrected chi connectivity index (χ2v) is 6.64. The number of anilines is 2. The van der Waals surface area contributed by atoms with Crippen LogP contribution in [0.4, 0.5) is 11.4 Å². The predicted octanol–water partition coefficient (Wildman–Crippen LogP) is 2.55. The Hall–Kier alpha value is -3.07. The molecule has 8 nitrogen and oxygen atoms in total. The van der Waals surface area contributed by atoms with Crippen LogP contribution < -0.4 is 10.6 Å². The molecule has 0 saturated heterocycles. The number of benzene rings is 1. The molecule has 0 saturated carbocycles. The molecule has 0 aliphatic heterocycles. The Labute approximate surface area is 147 Å². The van der Waals surface area contributed by atoms with Crippen LogP contribution in [-0.2, 0) is 4.79 Å². The summed E-state index contributed by atoms with van der Waals surface area (Å²) in [5.41, 5.74) is 2.61. The van der Waals surface area contributed by atoms with Gasteiger partial charge in [-0.15, -0.1) is 16.4 Å². The number of thiophene rings is 1. The molecule has 128 valence electrons. The first-order valence-electron chi connectivity index (χ1n) is 7.48. The van der Waals surface area contributed by atoms with E-state index in [0.717, 1.165) is 10.4 Å². The lowest BCUT2D eigenvalue weighted by Crippen LogP contribution is -2.15. The highest BCUT2D eigenvalue weighted by Gasteiger charge is 2.21. The molecule has 2 amide bonds. The van der Waals surface area contributed by atoms with E-state index >= 15 is 0 Å². The number of hydrogen-bond acceptors (Lipinski definition) is 6. The first-order valence-corrected chi connectivity index (χ1v) is 8.29. The van der Waals surface area contributed by atoms with E-state index in [9.17, 15) is 9.59 Å². The molecule has 9 heteroatoms. The van der Waals surface area contributed by atoms with Gasteiger partial charge < -0.3 is 10.6 Å². The molecule has 0 bridgehead atoms. The van der Waals surface area contributed by atoms with Crippen molar-refractivity contribution in [3.63, 3.8) is 0 Å². The Morgan fingerprint density at radius 2 is 1.88 bits per heavy atom. The maximum Gasteiger partial charge on any atom is 0.259 e. The number of aromatic nitrogens is 4. The third kappa shape index (κ3) is 3.56. The summed E-state index contributed by atoms with van der Waals surface area (Å²) in [6, 6.07) is 6.97. The van der Waals surface area contributed by atoms with Gasteiger partial charge in [-0.1, -0.05) is 6.07 Å². The van der Waals surface area contributed by atoms with Crippen LogP contribution >= 0.6 is 11.3 Å². The number of carbonyl (C=O) groups is 2. The van der Waals surface area contributed by atoms with Gasteiger partial charge in [0.25, 0.3) is 5.91 Å². The number of amides is 2. The zero-order valence-electron chi connectivity index (χ0n) is 13.9. The molecule has 0 atom stereocenters. The van der Waals surface area contributed by atoms with Gasteiger partial charge in [-0.25, -0.2) is 0 Å². The van der Waals surface area contributed by atoms with Gasteiger partial charge in [-0.2, -0.15) is 4.68 Å². The predicted molar refractivity (Wildman–Crippen MR) is 95.2 cm³/mol. The second kappa shape index (κ2) is 6.81. The number of carbonyl (C=O) groups excluding carboxylic acids is 2. The Kier molecular flexibility index (Phi) is 4.57. The molecule has 3 rings (SSSR count). The minimum absolute atomic E-state index is 0.172. The Balaban J connectivity index is 1.91. The standard InChI is InChI=1S/C16H16N6O2S/c1-9-10(2)25-16(22-8-17-20-21-22)14(9)15(24)19-13-6-4-5-12(7-13)18-11(3)23/h4-8H,1-3H3,(H,18,23)(H,19,24). The van der Waals surface area contributed by atoms with Crippen LogP contribution in [0, 0.1) is 13.8 Å². The zero-order chi connectivity index (χ0) is 18.0. The Morgan fingerprint density at radius 1 is 1.16 bits per heavy atom. The van der Waals surface area contributed by atoms with Crippen molar-refractivity contribution in [1.29, 1.82) is 0 Å². The maximum absolute atomic E-state index is 12.8. The SMILES string of the molecule is CC(=O)Nc1cccc(NC(=O)c2c(-n3cnnn3)sc(C)c2C)c1. The van der Waals surface area contributed by atoms with Gasteiger partial charge in [0.1, 0.15) is 11.3 Å². The highest BCUT2D eigenvalue weighted by Crippen LogP contribution is 2.31. The fourth-order valence-corrected chi connectivity index (χ4v) is 3.43. The lowest BCUT2D eigenvalue weighted by Gasteiger charge is -2.09. The highest BCUT2D eigenvalue weighted by molar-refractivity contribution is 7.15. The van der Waals surface area contributed by atoms with Crippen molar-refractivity contribution < 1.29 is 9.59 Å². The molecule has 3 aromatic rings. The molecule has 2 aromatic heterocycles. The highest BCUT2D eigenvalue weighted by atomic mass is 32.1. The number of nitrogens with zero attached hydrogens (tertiary/aromatic N) is 4. The van der Waals surface area contributed by atoms with Gasteiger partial charge in [0.15, 0.2) is 0 Å². The minimum atomic E-state index is -0.257. The van der Waals surface area contributed by atoms with E-state index < -0.39 is 0 Å². The van der Waals surface area contributed by atoms with E-state index in [2.05, 4.69) is 26.2 Å². The largest absolute Gasteiger partial charge is 0.326 e. The van der Waals surface area contributed by atoms with Crippen LogP contribution in [0.25, 0.3) is 5.00 Å². The quantitative estimate of drug-likeness (QED) is 0.748.